The van der Waals surface area contributed by atoms with Crippen LogP contribution >= 0.6 is 0 Å². The van der Waals surface area contributed by atoms with Gasteiger partial charge in [0.05, 0.1) is 5.56 Å². The molecular formula is C18H23F3O. The third-order valence-corrected chi connectivity index (χ3v) is 3.02. The molecule has 0 saturated carbocycles. The molecule has 1 unspecified atom stereocenters. The van der Waals surface area contributed by atoms with Gasteiger partial charge in [-0.1, -0.05) is 37.8 Å². The highest BCUT2D eigenvalue weighted by Gasteiger charge is 2.34. The van der Waals surface area contributed by atoms with E-state index >= 15 is 0 Å². The van der Waals surface area contributed by atoms with Crippen molar-refractivity contribution >= 4 is 0 Å². The number of halogens is 3. The van der Waals surface area contributed by atoms with Crippen LogP contribution in [-0.2, 0) is 11.8 Å². The molecule has 1 aromatic rings. The molecule has 0 heterocycles. The first kappa shape index (κ1) is 18.6. The molecule has 1 nitrogen and oxygen atoms in total. The van der Waals surface area contributed by atoms with E-state index in [2.05, 4.69) is 11.8 Å². The van der Waals surface area contributed by atoms with Gasteiger partial charge in [-0.05, 0) is 50.8 Å². The van der Waals surface area contributed by atoms with Crippen LogP contribution in [0, 0.1) is 23.2 Å². The Labute approximate surface area is 130 Å². The van der Waals surface area contributed by atoms with E-state index in [9.17, 15) is 18.3 Å². The predicted molar refractivity (Wildman–Crippen MR) is 82.0 cm³/mol. The topological polar surface area (TPSA) is 20.2 Å². The molecule has 4 heteroatoms. The van der Waals surface area contributed by atoms with Crippen LogP contribution in [0.2, 0.25) is 0 Å². The molecule has 0 bridgehead atoms. The number of alkyl halides is 3. The van der Waals surface area contributed by atoms with Crippen molar-refractivity contribution in [1.82, 2.24) is 0 Å². The zero-order valence-corrected chi connectivity index (χ0v) is 13.7. The number of aliphatic hydroxyl groups is 1. The van der Waals surface area contributed by atoms with Gasteiger partial charge in [0.15, 0.2) is 5.60 Å². The Kier molecular flexibility index (Phi) is 5.35. The van der Waals surface area contributed by atoms with Gasteiger partial charge in [-0.2, -0.15) is 13.2 Å². The molecule has 1 N–H and O–H groups in total. The van der Waals surface area contributed by atoms with Gasteiger partial charge in [-0.15, -0.1) is 0 Å². The summed E-state index contributed by atoms with van der Waals surface area (Å²) in [5, 5.41) is 10.9. The summed E-state index contributed by atoms with van der Waals surface area (Å²) >= 11 is 0. The van der Waals surface area contributed by atoms with Crippen molar-refractivity contribution in [1.29, 1.82) is 0 Å². The highest BCUT2D eigenvalue weighted by Crippen LogP contribution is 2.34. The Morgan fingerprint density at radius 2 is 1.59 bits per heavy atom. The summed E-state index contributed by atoms with van der Waals surface area (Å²) in [6.07, 6.45) is -4.16. The molecule has 1 rings (SSSR count). The number of rotatable bonds is 3. The fraction of sp³-hybridized carbons (Fsp3) is 0.556. The van der Waals surface area contributed by atoms with Crippen LogP contribution in [0.15, 0.2) is 24.3 Å². The standard InChI is InChI=1S/C18H23F3O/c1-13(2)12-17(22,10-9-16(3,4)5)14-7-6-8-15(11-14)18(19,20)21/h6-8,11,13,22H,12H2,1-5H3. The fourth-order valence-corrected chi connectivity index (χ4v) is 2.08. The lowest BCUT2D eigenvalue weighted by molar-refractivity contribution is -0.137. The second-order valence-corrected chi connectivity index (χ2v) is 7.04. The number of hydrogen-bond donors (Lipinski definition) is 1. The van der Waals surface area contributed by atoms with Crippen LogP contribution < -0.4 is 0 Å². The highest BCUT2D eigenvalue weighted by molar-refractivity contribution is 5.36. The van der Waals surface area contributed by atoms with Crippen molar-refractivity contribution in [3.63, 3.8) is 0 Å². The van der Waals surface area contributed by atoms with Crippen LogP contribution in [0.5, 0.6) is 0 Å². The van der Waals surface area contributed by atoms with Gasteiger partial charge in [0.25, 0.3) is 0 Å². The monoisotopic (exact) mass is 312 g/mol. The van der Waals surface area contributed by atoms with Crippen molar-refractivity contribution < 1.29 is 18.3 Å². The predicted octanol–water partition coefficient (Wildman–Crippen LogP) is 4.99. The minimum atomic E-state index is -4.44. The minimum absolute atomic E-state index is 0.0915. The lowest BCUT2D eigenvalue weighted by Gasteiger charge is -2.26. The zero-order valence-electron chi connectivity index (χ0n) is 13.7. The summed E-state index contributed by atoms with van der Waals surface area (Å²) in [7, 11) is 0. The minimum Gasteiger partial charge on any atom is -0.373 e. The maximum absolute atomic E-state index is 12.9. The van der Waals surface area contributed by atoms with Gasteiger partial charge in [0.2, 0.25) is 0 Å². The number of benzene rings is 1. The smallest absolute Gasteiger partial charge is 0.373 e. The van der Waals surface area contributed by atoms with Gasteiger partial charge in [-0.3, -0.25) is 0 Å². The second-order valence-electron chi connectivity index (χ2n) is 7.04. The summed E-state index contributed by atoms with van der Waals surface area (Å²) in [4.78, 5) is 0. The van der Waals surface area contributed by atoms with Crippen molar-refractivity contribution in [2.75, 3.05) is 0 Å². The Morgan fingerprint density at radius 3 is 2.05 bits per heavy atom. The molecule has 0 aliphatic heterocycles. The third-order valence-electron chi connectivity index (χ3n) is 3.02. The quantitative estimate of drug-likeness (QED) is 0.780. The lowest BCUT2D eigenvalue weighted by Crippen LogP contribution is -2.27. The largest absolute Gasteiger partial charge is 0.416 e. The molecule has 22 heavy (non-hydrogen) atoms. The third kappa shape index (κ3) is 5.38. The van der Waals surface area contributed by atoms with Crippen molar-refractivity contribution in [2.45, 2.75) is 52.8 Å². The van der Waals surface area contributed by atoms with Gasteiger partial charge in [-0.25, -0.2) is 0 Å². The Balaban J connectivity index is 3.36. The lowest BCUT2D eigenvalue weighted by atomic mass is 9.84. The molecule has 0 aliphatic rings. The van der Waals surface area contributed by atoms with E-state index in [0.29, 0.717) is 0 Å². The van der Waals surface area contributed by atoms with E-state index in [1.807, 2.05) is 34.6 Å². The van der Waals surface area contributed by atoms with E-state index < -0.39 is 17.3 Å². The zero-order chi connectivity index (χ0) is 17.2. The maximum atomic E-state index is 12.9. The number of hydrogen-bond acceptors (Lipinski definition) is 1. The molecule has 1 aromatic carbocycles. The van der Waals surface area contributed by atoms with Crippen LogP contribution in [0.4, 0.5) is 13.2 Å². The van der Waals surface area contributed by atoms with Crippen molar-refractivity contribution in [3.8, 4) is 11.8 Å². The Morgan fingerprint density at radius 1 is 1.05 bits per heavy atom. The van der Waals surface area contributed by atoms with Gasteiger partial charge >= 0.3 is 6.18 Å². The average Bonchev–Trinajstić information content (AvgIpc) is 2.34. The summed E-state index contributed by atoms with van der Waals surface area (Å²) in [6, 6.07) is 4.79. The van der Waals surface area contributed by atoms with Crippen LogP contribution in [0.1, 0.15) is 52.2 Å². The Bertz CT molecular complexity index is 570. The molecule has 0 aromatic heterocycles. The molecule has 1 atom stereocenters. The molecular weight excluding hydrogens is 289 g/mol. The summed E-state index contributed by atoms with van der Waals surface area (Å²) < 4.78 is 38.6. The average molecular weight is 312 g/mol. The van der Waals surface area contributed by atoms with Crippen LogP contribution in [0.25, 0.3) is 0 Å². The van der Waals surface area contributed by atoms with Gasteiger partial charge in [0.1, 0.15) is 0 Å². The van der Waals surface area contributed by atoms with E-state index in [1.54, 1.807) is 0 Å². The summed E-state index contributed by atoms with van der Waals surface area (Å²) in [5.41, 5.74) is -2.51. The van der Waals surface area contributed by atoms with E-state index in [1.165, 1.54) is 12.1 Å². The molecule has 0 aliphatic carbocycles. The van der Waals surface area contributed by atoms with Crippen molar-refractivity contribution in [3.05, 3.63) is 35.4 Å². The Hall–Kier alpha value is -1.47. The molecule has 0 saturated heterocycles. The first-order valence-electron chi connectivity index (χ1n) is 7.28. The van der Waals surface area contributed by atoms with Crippen LogP contribution in [-0.4, -0.2) is 5.11 Å². The molecule has 0 fully saturated rings. The van der Waals surface area contributed by atoms with Gasteiger partial charge < -0.3 is 5.11 Å². The molecule has 0 spiro atoms. The normalized spacial score (nSPS) is 15.2. The van der Waals surface area contributed by atoms with E-state index in [4.69, 9.17) is 0 Å². The first-order valence-corrected chi connectivity index (χ1v) is 7.28. The van der Waals surface area contributed by atoms with Crippen molar-refractivity contribution in [2.24, 2.45) is 11.3 Å². The second kappa shape index (κ2) is 6.34. The molecule has 122 valence electrons. The molecule has 0 radical (unpaired) electrons. The fourth-order valence-electron chi connectivity index (χ4n) is 2.08. The maximum Gasteiger partial charge on any atom is 0.416 e. The van der Waals surface area contributed by atoms with E-state index in [-0.39, 0.29) is 23.3 Å². The van der Waals surface area contributed by atoms with E-state index in [0.717, 1.165) is 12.1 Å². The molecule has 0 amide bonds. The SMILES string of the molecule is CC(C)CC(O)(C#CC(C)(C)C)c1cccc(C(F)(F)F)c1. The van der Waals surface area contributed by atoms with Crippen LogP contribution in [0.3, 0.4) is 0 Å². The summed E-state index contributed by atoms with van der Waals surface area (Å²) in [5.74, 6) is 5.84. The first-order chi connectivity index (χ1) is 9.83. The van der Waals surface area contributed by atoms with Gasteiger partial charge in [0, 0.05) is 5.41 Å². The summed E-state index contributed by atoms with van der Waals surface area (Å²) in [6.45, 7) is 9.47. The highest BCUT2D eigenvalue weighted by atomic mass is 19.4.